The Labute approximate surface area is 472 Å². The molecule has 2 aromatic carbocycles. The number of rotatable bonds is 58. The molecule has 0 N–H and O–H groups in total. The molecule has 1 aromatic heterocycles. The van der Waals surface area contributed by atoms with E-state index < -0.39 is 9.84 Å². The Bertz CT molecular complexity index is 2120. The van der Waals surface area contributed by atoms with Gasteiger partial charge in [0.15, 0.2) is 21.4 Å². The Kier molecular flexibility index (Phi) is 42.5. The Hall–Kier alpha value is -4.06. The Balaban J connectivity index is 0.936. The first-order valence-corrected chi connectivity index (χ1v) is 29.3. The van der Waals surface area contributed by atoms with Crippen LogP contribution in [0.5, 0.6) is 0 Å². The molecule has 0 unspecified atom stereocenters. The number of carbonyl (C=O) groups is 3. The minimum atomic E-state index is -3.60. The van der Waals surface area contributed by atoms with Crippen molar-refractivity contribution < 1.29 is 93.9 Å². The summed E-state index contributed by atoms with van der Waals surface area (Å²) >= 11 is 0. The summed E-state index contributed by atoms with van der Waals surface area (Å²) < 4.78 is 110. The van der Waals surface area contributed by atoms with Crippen molar-refractivity contribution in [3.8, 4) is 0 Å². The van der Waals surface area contributed by atoms with Crippen molar-refractivity contribution in [2.75, 3.05) is 197 Å². The monoisotopic (exact) mass is 1160 g/mol. The van der Waals surface area contributed by atoms with E-state index in [1.165, 1.54) is 6.07 Å². The molecule has 0 amide bonds. The number of ether oxygens (including phenoxy) is 15. The molecule has 1 heterocycles. The minimum Gasteiger partial charge on any atom is -0.379 e. The summed E-state index contributed by atoms with van der Waals surface area (Å²) in [6, 6.07) is 12.9. The molecule has 0 aliphatic rings. The van der Waals surface area contributed by atoms with Crippen molar-refractivity contribution in [1.82, 2.24) is 15.0 Å². The lowest BCUT2D eigenvalue weighted by Crippen LogP contribution is -2.15. The van der Waals surface area contributed by atoms with Gasteiger partial charge < -0.3 is 75.8 Å². The van der Waals surface area contributed by atoms with E-state index in [9.17, 15) is 22.8 Å². The molecule has 3 aromatic rings. The molecular weight excluding hydrogens is 1070 g/mol. The molecule has 0 bridgehead atoms. The summed E-state index contributed by atoms with van der Waals surface area (Å²) in [6.45, 7) is 17.6. The molecule has 0 aliphatic carbocycles. The number of sulfone groups is 1. The summed E-state index contributed by atoms with van der Waals surface area (Å²) in [5, 5.41) is 8.21. The highest BCUT2D eigenvalue weighted by Crippen LogP contribution is 2.16. The fraction of sp³-hybridized carbons (Fsp3) is 0.696. The second kappa shape index (κ2) is 48.5. The van der Waals surface area contributed by atoms with Gasteiger partial charge in [0, 0.05) is 43.6 Å². The predicted molar refractivity (Wildman–Crippen MR) is 293 cm³/mol. The van der Waals surface area contributed by atoms with Gasteiger partial charge in [-0.15, -0.1) is 5.10 Å². The van der Waals surface area contributed by atoms with Crippen LogP contribution < -0.4 is 0 Å². The number of hydrogen-bond acceptors (Lipinski definition) is 22. The summed E-state index contributed by atoms with van der Waals surface area (Å²) in [4.78, 5) is 36.6. The topological polar surface area (TPSA) is 255 Å². The van der Waals surface area contributed by atoms with Crippen LogP contribution in [0.2, 0.25) is 0 Å². The average Bonchev–Trinajstić information content (AvgIpc) is 3.92. The van der Waals surface area contributed by atoms with Gasteiger partial charge in [-0.25, -0.2) is 13.1 Å². The molecule has 0 radical (unpaired) electrons. The van der Waals surface area contributed by atoms with Crippen molar-refractivity contribution in [3.05, 3.63) is 77.1 Å². The van der Waals surface area contributed by atoms with Gasteiger partial charge in [0.05, 0.1) is 208 Å². The van der Waals surface area contributed by atoms with E-state index in [4.69, 9.17) is 71.1 Å². The first-order chi connectivity index (χ1) is 39.1. The van der Waals surface area contributed by atoms with Crippen LogP contribution in [-0.2, 0) is 98.8 Å². The molecule has 0 saturated heterocycles. The quantitative estimate of drug-likeness (QED) is 0.0560. The van der Waals surface area contributed by atoms with Crippen LogP contribution >= 0.6 is 0 Å². The van der Waals surface area contributed by atoms with Gasteiger partial charge in [-0.1, -0.05) is 41.1 Å². The van der Waals surface area contributed by atoms with E-state index in [1.54, 1.807) is 54.1 Å². The van der Waals surface area contributed by atoms with Crippen LogP contribution in [0.25, 0.3) is 0 Å². The minimum absolute atomic E-state index is 0.115. The zero-order valence-corrected chi connectivity index (χ0v) is 48.1. The van der Waals surface area contributed by atoms with Gasteiger partial charge >= 0.3 is 0 Å². The van der Waals surface area contributed by atoms with Crippen molar-refractivity contribution in [3.63, 3.8) is 0 Å². The lowest BCUT2D eigenvalue weighted by Gasteiger charge is -2.09. The first kappa shape index (κ1) is 70.2. The fourth-order valence-electron chi connectivity index (χ4n) is 6.81. The zero-order chi connectivity index (χ0) is 57.2. The molecule has 0 atom stereocenters. The number of benzene rings is 2. The lowest BCUT2D eigenvalue weighted by atomic mass is 10.0. The third-order valence-corrected chi connectivity index (χ3v) is 12.9. The van der Waals surface area contributed by atoms with Gasteiger partial charge in [-0.05, 0) is 44.9 Å². The predicted octanol–water partition coefficient (Wildman–Crippen LogP) is 4.41. The largest absolute Gasteiger partial charge is 0.379 e. The first-order valence-electron chi connectivity index (χ1n) is 27.6. The molecule has 0 aliphatic heterocycles. The van der Waals surface area contributed by atoms with E-state index in [0.717, 1.165) is 17.7 Å². The maximum absolute atomic E-state index is 12.8. The van der Waals surface area contributed by atoms with Gasteiger partial charge in [-0.2, -0.15) is 0 Å². The number of hydrogen-bond donors (Lipinski definition) is 0. The van der Waals surface area contributed by atoms with Crippen LogP contribution in [0.3, 0.4) is 0 Å². The van der Waals surface area contributed by atoms with E-state index in [-0.39, 0.29) is 40.8 Å². The molecule has 23 nitrogen and oxygen atoms in total. The Morgan fingerprint density at radius 2 is 0.787 bits per heavy atom. The van der Waals surface area contributed by atoms with Gasteiger partial charge in [0.25, 0.3) is 0 Å². The van der Waals surface area contributed by atoms with Crippen LogP contribution in [0, 0.1) is 6.92 Å². The number of ketones is 3. The molecule has 80 heavy (non-hydrogen) atoms. The lowest BCUT2D eigenvalue weighted by molar-refractivity contribution is -0.117. The molecular formula is C56H89N3O20S. The Morgan fingerprint density at radius 1 is 0.438 bits per heavy atom. The van der Waals surface area contributed by atoms with Gasteiger partial charge in [0.1, 0.15) is 11.5 Å². The molecule has 24 heteroatoms. The van der Waals surface area contributed by atoms with Crippen LogP contribution in [0.1, 0.15) is 71.0 Å². The molecule has 0 fully saturated rings. The summed E-state index contributed by atoms with van der Waals surface area (Å²) in [7, 11) is -3.60. The highest BCUT2D eigenvalue weighted by Gasteiger charge is 2.18. The smallest absolute Gasteiger partial charge is 0.178 e. The third-order valence-electron chi connectivity index (χ3n) is 11.1. The fourth-order valence-corrected chi connectivity index (χ4v) is 8.05. The van der Waals surface area contributed by atoms with Crippen molar-refractivity contribution in [1.29, 1.82) is 0 Å². The highest BCUT2D eigenvalue weighted by molar-refractivity contribution is 7.91. The van der Waals surface area contributed by atoms with E-state index in [0.29, 0.717) is 229 Å². The van der Waals surface area contributed by atoms with E-state index in [1.807, 2.05) is 13.1 Å². The van der Waals surface area contributed by atoms with Crippen LogP contribution in [-0.4, -0.2) is 238 Å². The summed E-state index contributed by atoms with van der Waals surface area (Å²) in [5.74, 6) is -0.572. The number of aromatic nitrogens is 3. The number of nitrogens with zero attached hydrogens (tertiary/aromatic N) is 3. The standard InChI is InChI=1S/C56H89N3O20S/c1-49-10-12-54(13-11-49)80(63,64)45-14-56(62)52-8-3-7-51(46-52)55(61)9-5-17-66-20-23-69-25-26-70-27-28-71-29-30-72-31-32-73-33-34-74-35-36-75-37-38-76-39-40-77-41-42-78-43-44-79-48-53-47-59(58-57-53)15-18-67-21-24-68-22-19-65-16-4-6-50(2)60/h3,7-8,10-13,46-47H,4-6,9,14-45,48H2,1-2H3. The molecule has 3 rings (SSSR count). The third kappa shape index (κ3) is 38.6. The van der Waals surface area contributed by atoms with E-state index in [2.05, 4.69) is 10.3 Å². The summed E-state index contributed by atoms with van der Waals surface area (Å²) in [5.41, 5.74) is 2.40. The molecule has 0 spiro atoms. The number of aryl methyl sites for hydroxylation is 1. The van der Waals surface area contributed by atoms with Crippen molar-refractivity contribution in [2.24, 2.45) is 0 Å². The van der Waals surface area contributed by atoms with Crippen molar-refractivity contribution in [2.45, 2.75) is 64.0 Å². The van der Waals surface area contributed by atoms with E-state index >= 15 is 0 Å². The molecule has 454 valence electrons. The van der Waals surface area contributed by atoms with Crippen LogP contribution in [0.4, 0.5) is 0 Å². The maximum atomic E-state index is 12.8. The van der Waals surface area contributed by atoms with Crippen molar-refractivity contribution >= 4 is 27.2 Å². The second-order valence-electron chi connectivity index (χ2n) is 17.8. The average molecular weight is 1160 g/mol. The molecule has 0 saturated carbocycles. The normalized spacial score (nSPS) is 11.7. The van der Waals surface area contributed by atoms with Gasteiger partial charge in [-0.3, -0.25) is 9.59 Å². The number of Topliss-reactive ketones (excluding diaryl/α,β-unsaturated/α-hetero) is 3. The zero-order valence-electron chi connectivity index (χ0n) is 47.3. The Morgan fingerprint density at radius 3 is 1.19 bits per heavy atom. The van der Waals surface area contributed by atoms with Gasteiger partial charge in [0.2, 0.25) is 0 Å². The second-order valence-corrected chi connectivity index (χ2v) is 19.9. The van der Waals surface area contributed by atoms with Crippen LogP contribution in [0.15, 0.2) is 59.6 Å². The SMILES string of the molecule is CC(=O)CCCOCCOCCOCCn1cc(COCCOCCOCCOCCOCCOCCOCCOCCOCCOCCOCCOCCCC(=O)c2cccc(C(=O)CCS(=O)(=O)c3ccc(C)cc3)c2)nn1. The maximum Gasteiger partial charge on any atom is 0.178 e. The number of carbonyl (C=O) groups excluding carboxylic acids is 3. The summed E-state index contributed by atoms with van der Waals surface area (Å²) in [6.07, 6.45) is 3.71. The highest BCUT2D eigenvalue weighted by atomic mass is 32.2.